The summed E-state index contributed by atoms with van der Waals surface area (Å²) in [5, 5.41) is 12.9. The second kappa shape index (κ2) is 7.97. The van der Waals surface area contributed by atoms with Gasteiger partial charge in [-0.1, -0.05) is 18.2 Å². The average molecular weight is 393 g/mol. The molecule has 0 spiro atoms. The van der Waals surface area contributed by atoms with Crippen LogP contribution in [0.5, 0.6) is 0 Å². The number of hydrogen-bond acceptors (Lipinski definition) is 4. The maximum atomic E-state index is 12.8. The van der Waals surface area contributed by atoms with Gasteiger partial charge in [0.05, 0.1) is 12.7 Å². The van der Waals surface area contributed by atoms with Crippen LogP contribution in [-0.2, 0) is 11.3 Å². The summed E-state index contributed by atoms with van der Waals surface area (Å²) in [6.07, 6.45) is 3.10. The Kier molecular flexibility index (Phi) is 5.22. The molecule has 0 bridgehead atoms. The Hall–Kier alpha value is -3.32. The summed E-state index contributed by atoms with van der Waals surface area (Å²) in [5.41, 5.74) is 9.97. The molecule has 29 heavy (non-hydrogen) atoms. The SMILES string of the molecule is NCc1cccc(-c2cc(NC(=O)N3CCC[C@H]3CC(=O)O)cc3ccoc23)c1. The number of benzene rings is 2. The van der Waals surface area contributed by atoms with Crippen molar-refractivity contribution < 1.29 is 19.1 Å². The van der Waals surface area contributed by atoms with Gasteiger partial charge in [-0.2, -0.15) is 0 Å². The normalized spacial score (nSPS) is 16.3. The summed E-state index contributed by atoms with van der Waals surface area (Å²) in [4.78, 5) is 25.5. The van der Waals surface area contributed by atoms with Crippen molar-refractivity contribution in [3.63, 3.8) is 0 Å². The number of nitrogens with zero attached hydrogens (tertiary/aromatic N) is 1. The van der Waals surface area contributed by atoms with Crippen molar-refractivity contribution in [2.24, 2.45) is 5.73 Å². The van der Waals surface area contributed by atoms with Crippen molar-refractivity contribution in [2.75, 3.05) is 11.9 Å². The van der Waals surface area contributed by atoms with E-state index in [2.05, 4.69) is 5.32 Å². The van der Waals surface area contributed by atoms with Crippen molar-refractivity contribution in [1.82, 2.24) is 4.90 Å². The number of carboxylic acid groups (broad SMARTS) is 1. The van der Waals surface area contributed by atoms with Crippen LogP contribution in [0.2, 0.25) is 0 Å². The summed E-state index contributed by atoms with van der Waals surface area (Å²) >= 11 is 0. The monoisotopic (exact) mass is 393 g/mol. The van der Waals surface area contributed by atoms with Gasteiger partial charge in [-0.15, -0.1) is 0 Å². The van der Waals surface area contributed by atoms with Crippen LogP contribution in [0.3, 0.4) is 0 Å². The summed E-state index contributed by atoms with van der Waals surface area (Å²) < 4.78 is 5.68. The molecular weight excluding hydrogens is 370 g/mol. The Balaban J connectivity index is 1.64. The molecule has 4 rings (SSSR count). The zero-order valence-electron chi connectivity index (χ0n) is 15.9. The maximum Gasteiger partial charge on any atom is 0.322 e. The van der Waals surface area contributed by atoms with Crippen LogP contribution in [-0.4, -0.2) is 34.6 Å². The molecule has 1 aliphatic heterocycles. The van der Waals surface area contributed by atoms with E-state index >= 15 is 0 Å². The van der Waals surface area contributed by atoms with E-state index in [1.807, 2.05) is 42.5 Å². The molecule has 0 radical (unpaired) electrons. The van der Waals surface area contributed by atoms with Gasteiger partial charge in [0, 0.05) is 35.8 Å². The van der Waals surface area contributed by atoms with E-state index in [4.69, 9.17) is 15.3 Å². The van der Waals surface area contributed by atoms with Gasteiger partial charge in [-0.3, -0.25) is 4.79 Å². The number of amides is 2. The lowest BCUT2D eigenvalue weighted by atomic mass is 10.0. The fourth-order valence-electron chi connectivity index (χ4n) is 3.95. The first-order chi connectivity index (χ1) is 14.0. The van der Waals surface area contributed by atoms with Crippen LogP contribution in [0, 0.1) is 0 Å². The van der Waals surface area contributed by atoms with Gasteiger partial charge in [-0.25, -0.2) is 4.79 Å². The Bertz CT molecular complexity index is 1060. The van der Waals surface area contributed by atoms with E-state index in [9.17, 15) is 9.59 Å². The fraction of sp³-hybridized carbons (Fsp3) is 0.273. The highest BCUT2D eigenvalue weighted by Crippen LogP contribution is 2.33. The molecule has 150 valence electrons. The van der Waals surface area contributed by atoms with Crippen LogP contribution in [0.15, 0.2) is 53.1 Å². The van der Waals surface area contributed by atoms with Crippen molar-refractivity contribution in [3.8, 4) is 11.1 Å². The molecule has 0 saturated carbocycles. The van der Waals surface area contributed by atoms with Crippen LogP contribution in [0.4, 0.5) is 10.5 Å². The molecule has 2 aromatic carbocycles. The van der Waals surface area contributed by atoms with E-state index in [0.29, 0.717) is 25.2 Å². The number of fused-ring (bicyclic) bond motifs is 1. The number of carboxylic acids is 1. The van der Waals surface area contributed by atoms with Crippen molar-refractivity contribution in [3.05, 3.63) is 54.3 Å². The molecule has 1 fully saturated rings. The number of anilines is 1. The average Bonchev–Trinajstić information content (AvgIpc) is 3.36. The number of likely N-dealkylation sites (tertiary alicyclic amines) is 1. The first-order valence-corrected chi connectivity index (χ1v) is 9.65. The summed E-state index contributed by atoms with van der Waals surface area (Å²) in [6.45, 7) is 0.995. The third-order valence-electron chi connectivity index (χ3n) is 5.32. The highest BCUT2D eigenvalue weighted by molar-refractivity contribution is 5.99. The predicted molar refractivity (Wildman–Crippen MR) is 111 cm³/mol. The molecular formula is C22H23N3O4. The van der Waals surface area contributed by atoms with Crippen LogP contribution < -0.4 is 11.1 Å². The standard InChI is InChI=1S/C22H23N3O4/c23-13-14-3-1-4-15(9-14)19-11-17(10-16-6-8-29-21(16)19)24-22(28)25-7-2-5-18(25)12-20(26)27/h1,3-4,6,8-11,18H,2,5,7,12-13,23H2,(H,24,28)(H,26,27)/t18-/m0/s1. The van der Waals surface area contributed by atoms with Gasteiger partial charge in [-0.05, 0) is 48.2 Å². The second-order valence-electron chi connectivity index (χ2n) is 7.28. The number of urea groups is 1. The third kappa shape index (κ3) is 3.95. The van der Waals surface area contributed by atoms with Gasteiger partial charge in [0.2, 0.25) is 0 Å². The molecule has 0 aliphatic carbocycles. The second-order valence-corrected chi connectivity index (χ2v) is 7.28. The number of aliphatic carboxylic acids is 1. The number of nitrogens with two attached hydrogens (primary N) is 1. The zero-order valence-corrected chi connectivity index (χ0v) is 15.9. The lowest BCUT2D eigenvalue weighted by molar-refractivity contribution is -0.137. The highest BCUT2D eigenvalue weighted by Gasteiger charge is 2.30. The van der Waals surface area contributed by atoms with E-state index < -0.39 is 5.97 Å². The molecule has 2 heterocycles. The van der Waals surface area contributed by atoms with Gasteiger partial charge in [0.15, 0.2) is 0 Å². The van der Waals surface area contributed by atoms with Crippen molar-refractivity contribution in [2.45, 2.75) is 31.8 Å². The Morgan fingerprint density at radius 1 is 1.24 bits per heavy atom. The van der Waals surface area contributed by atoms with E-state index in [1.165, 1.54) is 0 Å². The minimum atomic E-state index is -0.892. The first-order valence-electron chi connectivity index (χ1n) is 9.65. The van der Waals surface area contributed by atoms with E-state index in [1.54, 1.807) is 11.2 Å². The number of hydrogen-bond donors (Lipinski definition) is 3. The minimum Gasteiger partial charge on any atom is -0.481 e. The van der Waals surface area contributed by atoms with Crippen LogP contribution >= 0.6 is 0 Å². The fourth-order valence-corrected chi connectivity index (χ4v) is 3.95. The first kappa shape index (κ1) is 19.0. The van der Waals surface area contributed by atoms with Crippen molar-refractivity contribution in [1.29, 1.82) is 0 Å². The van der Waals surface area contributed by atoms with Crippen LogP contribution in [0.25, 0.3) is 22.1 Å². The molecule has 1 aromatic heterocycles. The molecule has 1 atom stereocenters. The van der Waals surface area contributed by atoms with Gasteiger partial charge in [0.1, 0.15) is 5.58 Å². The smallest absolute Gasteiger partial charge is 0.322 e. The molecule has 4 N–H and O–H groups in total. The van der Waals surface area contributed by atoms with E-state index in [-0.39, 0.29) is 18.5 Å². The summed E-state index contributed by atoms with van der Waals surface area (Å²) in [7, 11) is 0. The number of nitrogens with one attached hydrogen (secondary N) is 1. The molecule has 7 nitrogen and oxygen atoms in total. The molecule has 3 aromatic rings. The van der Waals surface area contributed by atoms with Crippen LogP contribution in [0.1, 0.15) is 24.8 Å². The Labute approximate surface area is 168 Å². The zero-order chi connectivity index (χ0) is 20.4. The molecule has 1 aliphatic rings. The molecule has 0 unspecified atom stereocenters. The minimum absolute atomic E-state index is 0.0364. The van der Waals surface area contributed by atoms with Gasteiger partial charge < -0.3 is 25.5 Å². The summed E-state index contributed by atoms with van der Waals surface area (Å²) in [6, 6.07) is 12.9. The predicted octanol–water partition coefficient (Wildman–Crippen LogP) is 4.03. The quantitative estimate of drug-likeness (QED) is 0.606. The maximum absolute atomic E-state index is 12.8. The Morgan fingerprint density at radius 3 is 2.90 bits per heavy atom. The van der Waals surface area contributed by atoms with Gasteiger partial charge >= 0.3 is 12.0 Å². The number of rotatable bonds is 5. The molecule has 1 saturated heterocycles. The molecule has 2 amide bonds. The van der Waals surface area contributed by atoms with E-state index in [0.717, 1.165) is 34.1 Å². The lowest BCUT2D eigenvalue weighted by Crippen LogP contribution is -2.39. The largest absolute Gasteiger partial charge is 0.481 e. The third-order valence-corrected chi connectivity index (χ3v) is 5.32. The number of carbonyl (C=O) groups is 2. The highest BCUT2D eigenvalue weighted by atomic mass is 16.4. The number of furan rings is 1. The number of carbonyl (C=O) groups excluding carboxylic acids is 1. The van der Waals surface area contributed by atoms with Gasteiger partial charge in [0.25, 0.3) is 0 Å². The topological polar surface area (TPSA) is 109 Å². The summed E-state index contributed by atoms with van der Waals surface area (Å²) in [5.74, 6) is -0.892. The van der Waals surface area contributed by atoms with Crippen molar-refractivity contribution >= 4 is 28.7 Å². The molecule has 7 heteroatoms. The lowest BCUT2D eigenvalue weighted by Gasteiger charge is -2.24. The Morgan fingerprint density at radius 2 is 2.10 bits per heavy atom.